The van der Waals surface area contributed by atoms with Gasteiger partial charge in [-0.15, -0.1) is 0 Å². The molecule has 0 N–H and O–H groups in total. The fourth-order valence-corrected chi connectivity index (χ4v) is 2.94. The standard InChI is InChI=1S/C16H13Cl2N3O/c1-8-6-9(2)13(12(7-8)22-3)11-5-4-10-14(17)20-16(18)21-15(10)19-11/h4-7H,1-3H3. The molecule has 0 fully saturated rings. The summed E-state index contributed by atoms with van der Waals surface area (Å²) >= 11 is 11.9. The summed E-state index contributed by atoms with van der Waals surface area (Å²) in [5, 5.41) is 1.04. The van der Waals surface area contributed by atoms with Gasteiger partial charge in [-0.1, -0.05) is 17.7 Å². The van der Waals surface area contributed by atoms with E-state index >= 15 is 0 Å². The zero-order valence-corrected chi connectivity index (χ0v) is 13.8. The average molecular weight is 334 g/mol. The number of aryl methyl sites for hydroxylation is 2. The lowest BCUT2D eigenvalue weighted by molar-refractivity contribution is 0.415. The van der Waals surface area contributed by atoms with Crippen LogP contribution in [0.2, 0.25) is 10.4 Å². The summed E-state index contributed by atoms with van der Waals surface area (Å²) in [6.45, 7) is 4.05. The molecule has 2 aromatic heterocycles. The minimum atomic E-state index is 0.0785. The van der Waals surface area contributed by atoms with Gasteiger partial charge in [-0.05, 0) is 54.8 Å². The number of fused-ring (bicyclic) bond motifs is 1. The topological polar surface area (TPSA) is 47.9 Å². The molecule has 0 unspecified atom stereocenters. The summed E-state index contributed by atoms with van der Waals surface area (Å²) in [7, 11) is 1.65. The summed E-state index contributed by atoms with van der Waals surface area (Å²) < 4.78 is 5.50. The number of benzene rings is 1. The number of aromatic nitrogens is 3. The van der Waals surface area contributed by atoms with Gasteiger partial charge in [0.25, 0.3) is 0 Å². The van der Waals surface area contributed by atoms with E-state index in [9.17, 15) is 0 Å². The molecule has 112 valence electrons. The molecule has 22 heavy (non-hydrogen) atoms. The van der Waals surface area contributed by atoms with E-state index in [0.717, 1.165) is 28.1 Å². The van der Waals surface area contributed by atoms with E-state index in [1.807, 2.05) is 32.0 Å². The molecule has 0 aliphatic carbocycles. The van der Waals surface area contributed by atoms with Crippen LogP contribution in [0.15, 0.2) is 24.3 Å². The van der Waals surface area contributed by atoms with Crippen molar-refractivity contribution in [3.05, 3.63) is 45.8 Å². The number of hydrogen-bond donors (Lipinski definition) is 0. The Morgan fingerprint density at radius 2 is 1.77 bits per heavy atom. The first kappa shape index (κ1) is 15.0. The van der Waals surface area contributed by atoms with E-state index < -0.39 is 0 Å². The number of ether oxygens (including phenoxy) is 1. The maximum atomic E-state index is 6.07. The molecule has 0 aliphatic heterocycles. The number of methoxy groups -OCH3 is 1. The third-order valence-corrected chi connectivity index (χ3v) is 3.86. The Hall–Kier alpha value is -1.91. The highest BCUT2D eigenvalue weighted by atomic mass is 35.5. The number of halogens is 2. The highest BCUT2D eigenvalue weighted by Crippen LogP contribution is 2.34. The summed E-state index contributed by atoms with van der Waals surface area (Å²) in [6, 6.07) is 7.79. The van der Waals surface area contributed by atoms with Crippen LogP contribution in [0.1, 0.15) is 11.1 Å². The summed E-state index contributed by atoms with van der Waals surface area (Å²) in [5.74, 6) is 0.774. The molecule has 1 aromatic carbocycles. The Morgan fingerprint density at radius 1 is 1.00 bits per heavy atom. The van der Waals surface area contributed by atoms with Gasteiger partial charge in [0, 0.05) is 5.56 Å². The van der Waals surface area contributed by atoms with Crippen molar-refractivity contribution in [1.29, 1.82) is 0 Å². The number of rotatable bonds is 2. The van der Waals surface area contributed by atoms with Crippen molar-refractivity contribution < 1.29 is 4.74 Å². The van der Waals surface area contributed by atoms with Gasteiger partial charge in [0.15, 0.2) is 5.65 Å². The van der Waals surface area contributed by atoms with Crippen molar-refractivity contribution in [3.8, 4) is 17.0 Å². The van der Waals surface area contributed by atoms with Gasteiger partial charge in [-0.25, -0.2) is 9.97 Å². The monoisotopic (exact) mass is 333 g/mol. The van der Waals surface area contributed by atoms with Gasteiger partial charge >= 0.3 is 0 Å². The Kier molecular flexibility index (Phi) is 3.89. The van der Waals surface area contributed by atoms with Crippen LogP contribution in [0.5, 0.6) is 5.75 Å². The van der Waals surface area contributed by atoms with Gasteiger partial charge in [0.1, 0.15) is 10.9 Å². The lowest BCUT2D eigenvalue weighted by Crippen LogP contribution is -1.96. The predicted octanol–water partition coefficient (Wildman–Crippen LogP) is 4.62. The van der Waals surface area contributed by atoms with Gasteiger partial charge in [0.2, 0.25) is 5.28 Å². The van der Waals surface area contributed by atoms with E-state index in [0.29, 0.717) is 16.2 Å². The fourth-order valence-electron chi connectivity index (χ4n) is 2.51. The van der Waals surface area contributed by atoms with Crippen molar-refractivity contribution in [2.24, 2.45) is 0 Å². The molecular weight excluding hydrogens is 321 g/mol. The first-order valence-corrected chi connectivity index (χ1v) is 7.40. The quantitative estimate of drug-likeness (QED) is 0.507. The molecule has 3 rings (SSSR count). The molecule has 0 atom stereocenters. The van der Waals surface area contributed by atoms with E-state index in [2.05, 4.69) is 21.0 Å². The highest BCUT2D eigenvalue weighted by Gasteiger charge is 2.14. The van der Waals surface area contributed by atoms with Gasteiger partial charge in [0.05, 0.1) is 18.2 Å². The first-order chi connectivity index (χ1) is 10.5. The van der Waals surface area contributed by atoms with Crippen molar-refractivity contribution >= 4 is 34.2 Å². The molecule has 2 heterocycles. The number of pyridine rings is 1. The Balaban J connectivity index is 2.27. The minimum absolute atomic E-state index is 0.0785. The maximum Gasteiger partial charge on any atom is 0.225 e. The van der Waals surface area contributed by atoms with Crippen molar-refractivity contribution in [1.82, 2.24) is 15.0 Å². The van der Waals surface area contributed by atoms with Gasteiger partial charge < -0.3 is 4.74 Å². The van der Waals surface area contributed by atoms with Crippen molar-refractivity contribution in [2.75, 3.05) is 7.11 Å². The van der Waals surface area contributed by atoms with Crippen molar-refractivity contribution in [3.63, 3.8) is 0 Å². The number of hydrogen-bond acceptors (Lipinski definition) is 4. The second kappa shape index (κ2) is 5.71. The molecule has 0 amide bonds. The van der Waals surface area contributed by atoms with E-state index in [4.69, 9.17) is 27.9 Å². The van der Waals surface area contributed by atoms with E-state index in [1.54, 1.807) is 7.11 Å². The smallest absolute Gasteiger partial charge is 0.225 e. The van der Waals surface area contributed by atoms with Crippen LogP contribution >= 0.6 is 23.2 Å². The van der Waals surface area contributed by atoms with Gasteiger partial charge in [-0.2, -0.15) is 4.98 Å². The van der Waals surface area contributed by atoms with E-state index in [1.165, 1.54) is 0 Å². The fraction of sp³-hybridized carbons (Fsp3) is 0.188. The normalized spacial score (nSPS) is 11.0. The van der Waals surface area contributed by atoms with Crippen LogP contribution in [-0.4, -0.2) is 22.1 Å². The van der Waals surface area contributed by atoms with E-state index in [-0.39, 0.29) is 5.28 Å². The molecule has 6 heteroatoms. The largest absolute Gasteiger partial charge is 0.496 e. The Bertz CT molecular complexity index is 881. The zero-order valence-electron chi connectivity index (χ0n) is 12.3. The van der Waals surface area contributed by atoms with Crippen molar-refractivity contribution in [2.45, 2.75) is 13.8 Å². The third-order valence-electron chi connectivity index (χ3n) is 3.41. The summed E-state index contributed by atoms with van der Waals surface area (Å²) in [4.78, 5) is 12.6. The van der Waals surface area contributed by atoms with Crippen LogP contribution in [-0.2, 0) is 0 Å². The van der Waals surface area contributed by atoms with Crippen LogP contribution in [0, 0.1) is 13.8 Å². The Morgan fingerprint density at radius 3 is 2.50 bits per heavy atom. The molecular formula is C16H13Cl2N3O. The maximum absolute atomic E-state index is 6.07. The molecule has 3 aromatic rings. The van der Waals surface area contributed by atoms with Crippen LogP contribution in [0.25, 0.3) is 22.3 Å². The molecule has 0 saturated heterocycles. The molecule has 0 bridgehead atoms. The van der Waals surface area contributed by atoms with Crippen LogP contribution in [0.3, 0.4) is 0 Å². The lowest BCUT2D eigenvalue weighted by atomic mass is 10.0. The van der Waals surface area contributed by atoms with Crippen LogP contribution in [0.4, 0.5) is 0 Å². The Labute approximate surface area is 138 Å². The molecule has 0 aliphatic rings. The second-order valence-corrected chi connectivity index (χ2v) is 5.71. The second-order valence-electron chi connectivity index (χ2n) is 5.01. The average Bonchev–Trinajstić information content (AvgIpc) is 2.45. The van der Waals surface area contributed by atoms with Gasteiger partial charge in [-0.3, -0.25) is 0 Å². The molecule has 0 saturated carbocycles. The molecule has 0 spiro atoms. The molecule has 0 radical (unpaired) electrons. The summed E-state index contributed by atoms with van der Waals surface area (Å²) in [6.07, 6.45) is 0. The highest BCUT2D eigenvalue weighted by molar-refractivity contribution is 6.35. The SMILES string of the molecule is COc1cc(C)cc(C)c1-c1ccc2c(Cl)nc(Cl)nc2n1. The first-order valence-electron chi connectivity index (χ1n) is 6.65. The lowest BCUT2D eigenvalue weighted by Gasteiger charge is -2.13. The third kappa shape index (κ3) is 2.60. The minimum Gasteiger partial charge on any atom is -0.496 e. The number of nitrogens with zero attached hydrogens (tertiary/aromatic N) is 3. The zero-order chi connectivity index (χ0) is 15.9. The molecule has 4 nitrogen and oxygen atoms in total. The summed E-state index contributed by atoms with van der Waals surface area (Å²) in [5.41, 5.74) is 4.36. The van der Waals surface area contributed by atoms with Crippen LogP contribution < -0.4 is 4.74 Å². The predicted molar refractivity (Wildman–Crippen MR) is 88.8 cm³/mol.